The van der Waals surface area contributed by atoms with Crippen molar-refractivity contribution in [2.24, 2.45) is 5.92 Å². The molecule has 0 saturated carbocycles. The third-order valence-electron chi connectivity index (χ3n) is 4.56. The van der Waals surface area contributed by atoms with Crippen LogP contribution >= 0.6 is 0 Å². The summed E-state index contributed by atoms with van der Waals surface area (Å²) in [5, 5.41) is 16.2. The molecular weight excluding hydrogens is 316 g/mol. The monoisotopic (exact) mass is 336 g/mol. The van der Waals surface area contributed by atoms with E-state index in [2.05, 4.69) is 10.4 Å². The number of nitrogens with one attached hydrogen (secondary N) is 1. The van der Waals surface area contributed by atoms with Crippen LogP contribution in [0.25, 0.3) is 5.69 Å². The van der Waals surface area contributed by atoms with Crippen LogP contribution < -0.4 is 5.32 Å². The van der Waals surface area contributed by atoms with Crippen LogP contribution in [0.1, 0.15) is 41.0 Å². The predicted octanol–water partition coefficient (Wildman–Crippen LogP) is 2.21. The summed E-state index contributed by atoms with van der Waals surface area (Å²) in [6.07, 6.45) is 4.69. The van der Waals surface area contributed by atoms with Crippen molar-refractivity contribution < 1.29 is 9.59 Å². The first-order chi connectivity index (χ1) is 12.2. The maximum atomic E-state index is 12.8. The second-order valence-corrected chi connectivity index (χ2v) is 6.12. The van der Waals surface area contributed by atoms with Gasteiger partial charge in [-0.15, -0.1) is 0 Å². The second-order valence-electron chi connectivity index (χ2n) is 6.12. The van der Waals surface area contributed by atoms with Crippen molar-refractivity contribution in [3.05, 3.63) is 47.3 Å². The molecule has 0 bridgehead atoms. The van der Waals surface area contributed by atoms with Gasteiger partial charge in [-0.2, -0.15) is 10.4 Å². The first-order valence-corrected chi connectivity index (χ1v) is 8.49. The number of para-hydroxylation sites is 1. The lowest BCUT2D eigenvalue weighted by molar-refractivity contribution is -0.121. The van der Waals surface area contributed by atoms with E-state index >= 15 is 0 Å². The summed E-state index contributed by atoms with van der Waals surface area (Å²) < 4.78 is 1.80. The number of benzene rings is 1. The normalized spacial score (nSPS) is 14.7. The molecular formula is C19H20N4O2. The first kappa shape index (κ1) is 16.9. The van der Waals surface area contributed by atoms with Gasteiger partial charge in [-0.05, 0) is 37.8 Å². The van der Waals surface area contributed by atoms with E-state index < -0.39 is 17.6 Å². The number of hydrogen-bond donors (Lipinski definition) is 1. The highest BCUT2D eigenvalue weighted by Crippen LogP contribution is 2.27. The fourth-order valence-corrected chi connectivity index (χ4v) is 3.27. The number of hydrogen-bond acceptors (Lipinski definition) is 4. The van der Waals surface area contributed by atoms with Crippen LogP contribution in [0.2, 0.25) is 0 Å². The van der Waals surface area contributed by atoms with Gasteiger partial charge in [-0.1, -0.05) is 24.6 Å². The van der Waals surface area contributed by atoms with Gasteiger partial charge < -0.3 is 5.32 Å². The van der Waals surface area contributed by atoms with Gasteiger partial charge in [0.2, 0.25) is 11.7 Å². The van der Waals surface area contributed by atoms with Crippen molar-refractivity contribution in [3.8, 4) is 11.8 Å². The lowest BCUT2D eigenvalue weighted by Gasteiger charge is -2.06. The van der Waals surface area contributed by atoms with Crippen LogP contribution in [0.5, 0.6) is 0 Å². The smallest absolute Gasteiger partial charge is 0.245 e. The molecule has 6 nitrogen and oxygen atoms in total. The Morgan fingerprint density at radius 2 is 1.92 bits per heavy atom. The van der Waals surface area contributed by atoms with Crippen molar-refractivity contribution in [1.82, 2.24) is 15.1 Å². The zero-order valence-corrected chi connectivity index (χ0v) is 14.2. The molecule has 2 aromatic rings. The van der Waals surface area contributed by atoms with E-state index in [0.717, 1.165) is 49.0 Å². The summed E-state index contributed by atoms with van der Waals surface area (Å²) in [7, 11) is 1.42. The van der Waals surface area contributed by atoms with E-state index in [9.17, 15) is 14.9 Å². The minimum atomic E-state index is -1.36. The molecule has 0 fully saturated rings. The highest BCUT2D eigenvalue weighted by Gasteiger charge is 2.33. The number of aromatic nitrogens is 2. The van der Waals surface area contributed by atoms with Crippen LogP contribution in [0.15, 0.2) is 30.3 Å². The molecule has 1 aromatic carbocycles. The Morgan fingerprint density at radius 1 is 1.20 bits per heavy atom. The lowest BCUT2D eigenvalue weighted by atomic mass is 9.97. The number of carbonyl (C=O) groups is 2. The highest BCUT2D eigenvalue weighted by atomic mass is 16.2. The minimum absolute atomic E-state index is 0.260. The predicted molar refractivity (Wildman–Crippen MR) is 92.3 cm³/mol. The number of fused-ring (bicyclic) bond motifs is 1. The van der Waals surface area contributed by atoms with E-state index in [0.29, 0.717) is 0 Å². The highest BCUT2D eigenvalue weighted by molar-refractivity contribution is 6.11. The number of rotatable bonds is 4. The van der Waals surface area contributed by atoms with Gasteiger partial charge in [0.15, 0.2) is 5.92 Å². The molecule has 128 valence electrons. The van der Waals surface area contributed by atoms with Gasteiger partial charge in [-0.25, -0.2) is 4.68 Å². The number of nitriles is 1. The summed E-state index contributed by atoms with van der Waals surface area (Å²) in [6.45, 7) is 0. The van der Waals surface area contributed by atoms with Crippen LogP contribution in [0.4, 0.5) is 0 Å². The number of Topliss-reactive ketones (excluding diaryl/α,β-unsaturated/α-hetero) is 1. The summed E-state index contributed by atoms with van der Waals surface area (Å²) in [5.41, 5.74) is 3.04. The molecule has 1 amide bonds. The summed E-state index contributed by atoms with van der Waals surface area (Å²) in [4.78, 5) is 24.7. The van der Waals surface area contributed by atoms with Crippen molar-refractivity contribution in [2.75, 3.05) is 7.05 Å². The molecule has 0 radical (unpaired) electrons. The third kappa shape index (κ3) is 3.18. The lowest BCUT2D eigenvalue weighted by Crippen LogP contribution is -2.32. The number of amides is 1. The molecule has 1 unspecified atom stereocenters. The molecule has 1 atom stereocenters. The molecule has 0 spiro atoms. The summed E-state index contributed by atoms with van der Waals surface area (Å²) in [5.74, 6) is -2.48. The van der Waals surface area contributed by atoms with Crippen LogP contribution in [0, 0.1) is 17.2 Å². The molecule has 1 aliphatic carbocycles. The molecule has 0 saturated heterocycles. The van der Waals surface area contributed by atoms with E-state index in [1.165, 1.54) is 7.05 Å². The molecule has 1 heterocycles. The van der Waals surface area contributed by atoms with Crippen LogP contribution in [0.3, 0.4) is 0 Å². The van der Waals surface area contributed by atoms with Gasteiger partial charge in [0.25, 0.3) is 0 Å². The standard InChI is InChI=1S/C19H20N4O2/c1-21-19(25)15(12-20)18(24)17-14-10-6-3-7-11-16(14)23(22-17)13-8-4-2-5-9-13/h2,4-5,8-9,15H,3,6-7,10-11H2,1H3,(H,21,25). The Kier molecular flexibility index (Phi) is 4.94. The minimum Gasteiger partial charge on any atom is -0.358 e. The molecule has 6 heteroatoms. The molecule has 1 aliphatic rings. The Labute approximate surface area is 146 Å². The van der Waals surface area contributed by atoms with Crippen LogP contribution in [-0.4, -0.2) is 28.5 Å². The molecule has 1 N–H and O–H groups in total. The molecule has 1 aromatic heterocycles. The largest absolute Gasteiger partial charge is 0.358 e. The summed E-state index contributed by atoms with van der Waals surface area (Å²) >= 11 is 0. The second kappa shape index (κ2) is 7.31. The van der Waals surface area contributed by atoms with E-state index in [4.69, 9.17) is 0 Å². The average molecular weight is 336 g/mol. The molecule has 3 rings (SSSR count). The SMILES string of the molecule is CNC(=O)C(C#N)C(=O)c1nn(-c2ccccc2)c2c1CCCCC2. The van der Waals surface area contributed by atoms with Gasteiger partial charge in [0, 0.05) is 18.3 Å². The number of ketones is 1. The number of nitrogens with zero attached hydrogens (tertiary/aromatic N) is 3. The maximum absolute atomic E-state index is 12.8. The van der Waals surface area contributed by atoms with Crippen molar-refractivity contribution in [3.63, 3.8) is 0 Å². The van der Waals surface area contributed by atoms with E-state index in [-0.39, 0.29) is 5.69 Å². The molecule has 25 heavy (non-hydrogen) atoms. The number of carbonyl (C=O) groups excluding carboxylic acids is 2. The van der Waals surface area contributed by atoms with E-state index in [1.54, 1.807) is 4.68 Å². The fraction of sp³-hybridized carbons (Fsp3) is 0.368. The van der Waals surface area contributed by atoms with Crippen molar-refractivity contribution >= 4 is 11.7 Å². The maximum Gasteiger partial charge on any atom is 0.245 e. The fourth-order valence-electron chi connectivity index (χ4n) is 3.27. The molecule has 0 aliphatic heterocycles. The zero-order chi connectivity index (χ0) is 17.8. The third-order valence-corrected chi connectivity index (χ3v) is 4.56. The first-order valence-electron chi connectivity index (χ1n) is 8.49. The van der Waals surface area contributed by atoms with Gasteiger partial charge in [0.1, 0.15) is 5.69 Å². The van der Waals surface area contributed by atoms with Crippen molar-refractivity contribution in [2.45, 2.75) is 32.1 Å². The Bertz CT molecular complexity index is 833. The topological polar surface area (TPSA) is 87.8 Å². The van der Waals surface area contributed by atoms with Crippen LogP contribution in [-0.2, 0) is 17.6 Å². The Balaban J connectivity index is 2.11. The van der Waals surface area contributed by atoms with Gasteiger partial charge in [0.05, 0.1) is 11.8 Å². The quantitative estimate of drug-likeness (QED) is 0.527. The van der Waals surface area contributed by atoms with Gasteiger partial charge in [-0.3, -0.25) is 9.59 Å². The van der Waals surface area contributed by atoms with Gasteiger partial charge >= 0.3 is 0 Å². The average Bonchev–Trinajstić information content (AvgIpc) is 2.83. The Hall–Kier alpha value is -2.94. The van der Waals surface area contributed by atoms with E-state index in [1.807, 2.05) is 36.4 Å². The summed E-state index contributed by atoms with van der Waals surface area (Å²) in [6, 6.07) is 11.5. The zero-order valence-electron chi connectivity index (χ0n) is 14.2. The Morgan fingerprint density at radius 3 is 2.60 bits per heavy atom. The van der Waals surface area contributed by atoms with Crippen molar-refractivity contribution in [1.29, 1.82) is 5.26 Å².